The summed E-state index contributed by atoms with van der Waals surface area (Å²) in [4.78, 5) is 37.1. The Hall–Kier alpha value is -2.41. The van der Waals surface area contributed by atoms with E-state index < -0.39 is 24.0 Å². The number of carbonyl (C=O) groups excluding carboxylic acids is 2. The molecule has 2 unspecified atom stereocenters. The van der Waals surface area contributed by atoms with Crippen LogP contribution in [0.3, 0.4) is 0 Å². The van der Waals surface area contributed by atoms with Crippen LogP contribution in [0, 0.1) is 0 Å². The highest BCUT2D eigenvalue weighted by Gasteiger charge is 2.34. The van der Waals surface area contributed by atoms with Gasteiger partial charge >= 0.3 is 11.9 Å². The number of hydrogen-bond acceptors (Lipinski definition) is 5. The maximum atomic E-state index is 12.4. The van der Waals surface area contributed by atoms with E-state index in [1.807, 2.05) is 30.3 Å². The second kappa shape index (κ2) is 9.91. The van der Waals surface area contributed by atoms with Gasteiger partial charge in [0.2, 0.25) is 5.91 Å². The lowest BCUT2D eigenvalue weighted by atomic mass is 10.1. The van der Waals surface area contributed by atoms with E-state index in [1.54, 1.807) is 6.92 Å². The molecule has 0 spiro atoms. The standard InChI is InChI=1S/C19H26N2O5/c1-2-26-19(25)15(11-10-14-7-4-3-5-8-14)20-13-17(22)21-12-6-9-16(21)18(23)24/h3-5,7-8,15-16,20H,2,6,9-13H2,1H3,(H,23,24). The number of nitrogens with zero attached hydrogens (tertiary/aromatic N) is 1. The van der Waals surface area contributed by atoms with E-state index >= 15 is 0 Å². The number of amides is 1. The summed E-state index contributed by atoms with van der Waals surface area (Å²) in [5.41, 5.74) is 1.10. The van der Waals surface area contributed by atoms with Crippen molar-refractivity contribution in [3.63, 3.8) is 0 Å². The molecule has 7 heteroatoms. The van der Waals surface area contributed by atoms with Crippen molar-refractivity contribution < 1.29 is 24.2 Å². The second-order valence-electron chi connectivity index (χ2n) is 6.29. The average molecular weight is 362 g/mol. The minimum atomic E-state index is -0.984. The monoisotopic (exact) mass is 362 g/mol. The van der Waals surface area contributed by atoms with Gasteiger partial charge in [-0.25, -0.2) is 4.79 Å². The minimum Gasteiger partial charge on any atom is -0.480 e. The van der Waals surface area contributed by atoms with Gasteiger partial charge in [-0.15, -0.1) is 0 Å². The number of aliphatic carboxylic acids is 1. The highest BCUT2D eigenvalue weighted by Crippen LogP contribution is 2.17. The molecule has 1 aromatic carbocycles. The van der Waals surface area contributed by atoms with Crippen LogP contribution in [0.4, 0.5) is 0 Å². The zero-order chi connectivity index (χ0) is 18.9. The van der Waals surface area contributed by atoms with E-state index in [0.29, 0.717) is 32.2 Å². The molecule has 1 saturated heterocycles. The molecule has 1 aromatic rings. The van der Waals surface area contributed by atoms with Crippen LogP contribution in [0.15, 0.2) is 30.3 Å². The Kier molecular flexibility index (Phi) is 7.59. The number of likely N-dealkylation sites (tertiary alicyclic amines) is 1. The lowest BCUT2D eigenvalue weighted by Crippen LogP contribution is -2.48. The van der Waals surface area contributed by atoms with Gasteiger partial charge in [-0.3, -0.25) is 14.9 Å². The fourth-order valence-electron chi connectivity index (χ4n) is 3.14. The second-order valence-corrected chi connectivity index (χ2v) is 6.29. The molecule has 0 aliphatic carbocycles. The van der Waals surface area contributed by atoms with Gasteiger partial charge in [0.15, 0.2) is 0 Å². The summed E-state index contributed by atoms with van der Waals surface area (Å²) in [5.74, 6) is -1.68. The molecule has 1 fully saturated rings. The summed E-state index contributed by atoms with van der Waals surface area (Å²) >= 11 is 0. The Labute approximate surface area is 153 Å². The fourth-order valence-corrected chi connectivity index (χ4v) is 3.14. The number of hydrogen-bond donors (Lipinski definition) is 2. The van der Waals surface area contributed by atoms with Crippen molar-refractivity contribution in [2.24, 2.45) is 0 Å². The molecule has 2 rings (SSSR count). The summed E-state index contributed by atoms with van der Waals surface area (Å²) < 4.78 is 5.09. The number of nitrogens with one attached hydrogen (secondary N) is 1. The number of carbonyl (C=O) groups is 3. The SMILES string of the molecule is CCOC(=O)C(CCc1ccccc1)NCC(=O)N1CCCC1C(=O)O. The predicted molar refractivity (Wildman–Crippen MR) is 95.6 cm³/mol. The molecule has 0 bridgehead atoms. The van der Waals surface area contributed by atoms with E-state index in [0.717, 1.165) is 5.56 Å². The molecular weight excluding hydrogens is 336 g/mol. The first-order valence-electron chi connectivity index (χ1n) is 8.99. The van der Waals surface area contributed by atoms with Crippen molar-refractivity contribution in [1.29, 1.82) is 0 Å². The molecule has 2 atom stereocenters. The van der Waals surface area contributed by atoms with Gasteiger partial charge in [0, 0.05) is 6.54 Å². The van der Waals surface area contributed by atoms with Gasteiger partial charge < -0.3 is 14.7 Å². The summed E-state index contributed by atoms with van der Waals surface area (Å²) in [6.45, 7) is 2.36. The van der Waals surface area contributed by atoms with Crippen molar-refractivity contribution in [1.82, 2.24) is 10.2 Å². The molecule has 2 N–H and O–H groups in total. The van der Waals surface area contributed by atoms with Crippen molar-refractivity contribution >= 4 is 17.8 Å². The Bertz CT molecular complexity index is 620. The molecule has 1 heterocycles. The summed E-state index contributed by atoms with van der Waals surface area (Å²) in [6, 6.07) is 8.39. The van der Waals surface area contributed by atoms with Gasteiger partial charge in [0.25, 0.3) is 0 Å². The van der Waals surface area contributed by atoms with Gasteiger partial charge in [0.05, 0.1) is 13.2 Å². The molecule has 0 saturated carbocycles. The maximum absolute atomic E-state index is 12.4. The molecule has 26 heavy (non-hydrogen) atoms. The molecule has 142 valence electrons. The first-order chi connectivity index (χ1) is 12.5. The van der Waals surface area contributed by atoms with Gasteiger partial charge in [-0.1, -0.05) is 30.3 Å². The zero-order valence-electron chi connectivity index (χ0n) is 15.0. The molecule has 1 aliphatic heterocycles. The molecule has 1 aliphatic rings. The molecule has 1 amide bonds. The Morgan fingerprint density at radius 1 is 1.31 bits per heavy atom. The third-order valence-corrected chi connectivity index (χ3v) is 4.49. The largest absolute Gasteiger partial charge is 0.480 e. The van der Waals surface area contributed by atoms with Crippen molar-refractivity contribution in [2.75, 3.05) is 19.7 Å². The summed E-state index contributed by atoms with van der Waals surface area (Å²) in [5, 5.41) is 12.1. The Morgan fingerprint density at radius 3 is 2.69 bits per heavy atom. The topological polar surface area (TPSA) is 95.9 Å². The lowest BCUT2D eigenvalue weighted by Gasteiger charge is -2.23. The maximum Gasteiger partial charge on any atom is 0.326 e. The third kappa shape index (κ3) is 5.56. The number of ether oxygens (including phenoxy) is 1. The first-order valence-corrected chi connectivity index (χ1v) is 8.99. The highest BCUT2D eigenvalue weighted by molar-refractivity contribution is 5.86. The van der Waals surface area contributed by atoms with Crippen LogP contribution in [0.5, 0.6) is 0 Å². The number of carboxylic acids is 1. The highest BCUT2D eigenvalue weighted by atomic mass is 16.5. The summed E-state index contributed by atoms with van der Waals surface area (Å²) in [6.07, 6.45) is 2.32. The van der Waals surface area contributed by atoms with Crippen LogP contribution >= 0.6 is 0 Å². The normalized spacial score (nSPS) is 17.7. The Balaban J connectivity index is 1.92. The van der Waals surface area contributed by atoms with Gasteiger partial charge in [-0.2, -0.15) is 0 Å². The molecule has 7 nitrogen and oxygen atoms in total. The lowest BCUT2D eigenvalue weighted by molar-refractivity contribution is -0.149. The van der Waals surface area contributed by atoms with Crippen LogP contribution in [0.1, 0.15) is 31.7 Å². The van der Waals surface area contributed by atoms with E-state index in [4.69, 9.17) is 4.74 Å². The molecule has 0 aromatic heterocycles. The first kappa shape index (κ1) is 19.9. The zero-order valence-corrected chi connectivity index (χ0v) is 15.0. The minimum absolute atomic E-state index is 0.0813. The van der Waals surface area contributed by atoms with Crippen molar-refractivity contribution in [3.8, 4) is 0 Å². The smallest absolute Gasteiger partial charge is 0.326 e. The van der Waals surface area contributed by atoms with Crippen molar-refractivity contribution in [3.05, 3.63) is 35.9 Å². The number of esters is 1. The number of benzene rings is 1. The van der Waals surface area contributed by atoms with E-state index in [-0.39, 0.29) is 19.1 Å². The van der Waals surface area contributed by atoms with E-state index in [2.05, 4.69) is 5.32 Å². The van der Waals surface area contributed by atoms with Gasteiger partial charge in [-0.05, 0) is 38.2 Å². The quantitative estimate of drug-likeness (QED) is 0.641. The molecule has 0 radical (unpaired) electrons. The van der Waals surface area contributed by atoms with Crippen LogP contribution < -0.4 is 5.32 Å². The number of carboxylic acid groups (broad SMARTS) is 1. The van der Waals surface area contributed by atoms with E-state index in [9.17, 15) is 19.5 Å². The number of aryl methyl sites for hydroxylation is 1. The molecular formula is C19H26N2O5. The fraction of sp³-hybridized carbons (Fsp3) is 0.526. The van der Waals surface area contributed by atoms with Crippen LogP contribution in [-0.4, -0.2) is 59.6 Å². The van der Waals surface area contributed by atoms with Crippen LogP contribution in [0.2, 0.25) is 0 Å². The number of rotatable bonds is 9. The predicted octanol–water partition coefficient (Wildman–Crippen LogP) is 1.22. The Morgan fingerprint density at radius 2 is 2.04 bits per heavy atom. The van der Waals surface area contributed by atoms with Crippen LogP contribution in [-0.2, 0) is 25.5 Å². The van der Waals surface area contributed by atoms with E-state index in [1.165, 1.54) is 4.90 Å². The van der Waals surface area contributed by atoms with Crippen LogP contribution in [0.25, 0.3) is 0 Å². The van der Waals surface area contributed by atoms with Crippen molar-refractivity contribution in [2.45, 2.75) is 44.7 Å². The average Bonchev–Trinajstić information content (AvgIpc) is 3.12. The third-order valence-electron chi connectivity index (χ3n) is 4.49. The summed E-state index contributed by atoms with van der Waals surface area (Å²) in [7, 11) is 0. The van der Waals surface area contributed by atoms with Gasteiger partial charge in [0.1, 0.15) is 12.1 Å².